The number of hydrogen-bond acceptors (Lipinski definition) is 8. The summed E-state index contributed by atoms with van der Waals surface area (Å²) in [7, 11) is -3.58. The molecule has 1 aliphatic heterocycles. The number of carbonyl (C=O) groups excluding carboxylic acids is 1. The third kappa shape index (κ3) is 4.71. The van der Waals surface area contributed by atoms with Crippen molar-refractivity contribution in [2.24, 2.45) is 5.92 Å². The number of ether oxygens (including phenoxy) is 1. The van der Waals surface area contributed by atoms with Gasteiger partial charge in [0.1, 0.15) is 4.90 Å². The minimum atomic E-state index is -3.58. The van der Waals surface area contributed by atoms with Crippen LogP contribution < -0.4 is 0 Å². The van der Waals surface area contributed by atoms with Crippen LogP contribution in [0.2, 0.25) is 0 Å². The van der Waals surface area contributed by atoms with E-state index in [9.17, 15) is 13.2 Å². The van der Waals surface area contributed by atoms with Crippen molar-refractivity contribution in [1.29, 1.82) is 0 Å². The normalized spacial score (nSPS) is 16.2. The van der Waals surface area contributed by atoms with Crippen molar-refractivity contribution in [2.75, 3.05) is 13.1 Å². The molecule has 0 bridgehead atoms. The quantitative estimate of drug-likeness (QED) is 0.594. The largest absolute Gasteiger partial charge is 0.457 e. The minimum Gasteiger partial charge on any atom is -0.457 e. The van der Waals surface area contributed by atoms with Crippen LogP contribution in [0.1, 0.15) is 38.4 Å². The number of nitrogens with zero attached hydrogens (tertiary/aromatic N) is 6. The van der Waals surface area contributed by atoms with Gasteiger partial charge in [-0.2, -0.15) is 4.31 Å². The van der Waals surface area contributed by atoms with E-state index in [2.05, 4.69) is 27.4 Å². The van der Waals surface area contributed by atoms with Crippen LogP contribution in [0.15, 0.2) is 29.4 Å². The number of aromatic nitrogens is 5. The maximum Gasteiger partial charge on any atom is 0.309 e. The number of sulfonamides is 1. The summed E-state index contributed by atoms with van der Waals surface area (Å²) in [5.74, 6) is -0.165. The first-order chi connectivity index (χ1) is 13.5. The van der Waals surface area contributed by atoms with Gasteiger partial charge in [-0.05, 0) is 41.8 Å². The molecule has 28 heavy (non-hydrogen) atoms. The van der Waals surface area contributed by atoms with Gasteiger partial charge in [-0.15, -0.1) is 5.10 Å². The van der Waals surface area contributed by atoms with Crippen molar-refractivity contribution in [3.8, 4) is 0 Å². The lowest BCUT2D eigenvalue weighted by Gasteiger charge is -2.29. The summed E-state index contributed by atoms with van der Waals surface area (Å²) >= 11 is 0. The minimum absolute atomic E-state index is 0.0176. The summed E-state index contributed by atoms with van der Waals surface area (Å²) in [5.41, 5.74) is 0. The molecule has 1 fully saturated rings. The molecule has 1 aliphatic rings. The maximum atomic E-state index is 12.6. The van der Waals surface area contributed by atoms with Gasteiger partial charge in [0, 0.05) is 32.0 Å². The molecule has 0 N–H and O–H groups in total. The molecule has 3 rings (SSSR count). The van der Waals surface area contributed by atoms with E-state index in [1.54, 1.807) is 10.7 Å². The van der Waals surface area contributed by atoms with E-state index in [0.29, 0.717) is 25.2 Å². The molecule has 0 amide bonds. The van der Waals surface area contributed by atoms with Crippen molar-refractivity contribution in [1.82, 2.24) is 29.5 Å². The van der Waals surface area contributed by atoms with Gasteiger partial charge in [0.05, 0.1) is 5.92 Å². The summed E-state index contributed by atoms with van der Waals surface area (Å²) in [5, 5.41) is 11.4. The van der Waals surface area contributed by atoms with Gasteiger partial charge in [-0.25, -0.2) is 13.1 Å². The second-order valence-electron chi connectivity index (χ2n) is 6.65. The average Bonchev–Trinajstić information content (AvgIpc) is 3.18. The fraction of sp³-hybridized carbons (Fsp3) is 0.588. The molecule has 11 heteroatoms. The van der Waals surface area contributed by atoms with Crippen LogP contribution in [0, 0.1) is 5.92 Å². The first-order valence-electron chi connectivity index (χ1n) is 9.34. The Morgan fingerprint density at radius 2 is 2.11 bits per heavy atom. The molecular weight excluding hydrogens is 384 g/mol. The Balaban J connectivity index is 1.51. The molecule has 0 unspecified atom stereocenters. The first-order valence-corrected chi connectivity index (χ1v) is 10.8. The Hall–Kier alpha value is -2.40. The number of unbranched alkanes of at least 4 members (excludes halogenated alkanes) is 1. The van der Waals surface area contributed by atoms with Crippen LogP contribution in [-0.4, -0.2) is 57.0 Å². The van der Waals surface area contributed by atoms with Crippen LogP contribution in [-0.2, 0) is 32.7 Å². The molecule has 2 aromatic heterocycles. The zero-order chi connectivity index (χ0) is 20.0. The molecule has 0 aliphatic carbocycles. The fourth-order valence-electron chi connectivity index (χ4n) is 3.04. The average molecular weight is 408 g/mol. The topological polar surface area (TPSA) is 120 Å². The van der Waals surface area contributed by atoms with E-state index in [1.807, 2.05) is 0 Å². The molecule has 152 valence electrons. The number of esters is 1. The van der Waals surface area contributed by atoms with E-state index < -0.39 is 10.0 Å². The molecule has 2 aromatic rings. The number of carbonyl (C=O) groups is 1. The number of tetrazole rings is 1. The van der Waals surface area contributed by atoms with E-state index >= 15 is 0 Å². The molecule has 3 heterocycles. The van der Waals surface area contributed by atoms with Gasteiger partial charge < -0.3 is 4.74 Å². The first kappa shape index (κ1) is 20.3. The van der Waals surface area contributed by atoms with E-state index in [-0.39, 0.29) is 36.5 Å². The van der Waals surface area contributed by atoms with E-state index in [4.69, 9.17) is 4.74 Å². The van der Waals surface area contributed by atoms with Gasteiger partial charge in [0.25, 0.3) is 0 Å². The highest BCUT2D eigenvalue weighted by Gasteiger charge is 2.33. The Labute approximate surface area is 163 Å². The highest BCUT2D eigenvalue weighted by molar-refractivity contribution is 7.89. The molecule has 0 aromatic carbocycles. The molecule has 0 radical (unpaired) electrons. The summed E-state index contributed by atoms with van der Waals surface area (Å²) in [6.07, 6.45) is 5.64. The Kier molecular flexibility index (Phi) is 6.68. The standard InChI is InChI=1S/C17H24N6O4S/c1-2-3-9-23-16(19-20-21-23)13-27-17(24)14-6-10-22(11-7-14)28(25,26)15-5-4-8-18-12-15/h4-5,8,12,14H,2-3,6-7,9-11,13H2,1H3. The van der Waals surface area contributed by atoms with Crippen molar-refractivity contribution < 1.29 is 17.9 Å². The molecule has 0 saturated carbocycles. The molecule has 10 nitrogen and oxygen atoms in total. The third-order valence-electron chi connectivity index (χ3n) is 4.73. The predicted octanol–water partition coefficient (Wildman–Crippen LogP) is 1.01. The molecule has 0 spiro atoms. The molecule has 1 saturated heterocycles. The lowest BCUT2D eigenvalue weighted by atomic mass is 9.98. The summed E-state index contributed by atoms with van der Waals surface area (Å²) in [4.78, 5) is 16.4. The number of rotatable bonds is 8. The summed E-state index contributed by atoms with van der Waals surface area (Å²) < 4.78 is 33.6. The van der Waals surface area contributed by atoms with Crippen molar-refractivity contribution >= 4 is 16.0 Å². The van der Waals surface area contributed by atoms with E-state index in [1.165, 1.54) is 22.8 Å². The smallest absolute Gasteiger partial charge is 0.309 e. The van der Waals surface area contributed by atoms with Crippen LogP contribution in [0.3, 0.4) is 0 Å². The van der Waals surface area contributed by atoms with Gasteiger partial charge in [0.2, 0.25) is 10.0 Å². The predicted molar refractivity (Wildman–Crippen MR) is 98.2 cm³/mol. The van der Waals surface area contributed by atoms with Crippen molar-refractivity contribution in [3.05, 3.63) is 30.4 Å². The van der Waals surface area contributed by atoms with Crippen LogP contribution in [0.25, 0.3) is 0 Å². The van der Waals surface area contributed by atoms with Crippen LogP contribution in [0.5, 0.6) is 0 Å². The highest BCUT2D eigenvalue weighted by Crippen LogP contribution is 2.24. The zero-order valence-electron chi connectivity index (χ0n) is 15.8. The third-order valence-corrected chi connectivity index (χ3v) is 6.61. The Morgan fingerprint density at radius 1 is 1.32 bits per heavy atom. The zero-order valence-corrected chi connectivity index (χ0v) is 16.6. The number of piperidine rings is 1. The second kappa shape index (κ2) is 9.20. The van der Waals surface area contributed by atoms with Crippen molar-refractivity contribution in [3.63, 3.8) is 0 Å². The molecule has 0 atom stereocenters. The summed E-state index contributed by atoms with van der Waals surface area (Å²) in [6.45, 7) is 3.31. The number of pyridine rings is 1. The number of aryl methyl sites for hydroxylation is 1. The Morgan fingerprint density at radius 3 is 2.79 bits per heavy atom. The maximum absolute atomic E-state index is 12.6. The lowest BCUT2D eigenvalue weighted by Crippen LogP contribution is -2.40. The van der Waals surface area contributed by atoms with Crippen molar-refractivity contribution in [2.45, 2.75) is 50.7 Å². The van der Waals surface area contributed by atoms with Gasteiger partial charge in [0.15, 0.2) is 12.4 Å². The SMILES string of the molecule is CCCCn1nnnc1COC(=O)C1CCN(S(=O)(=O)c2cccnc2)CC1. The van der Waals surface area contributed by atoms with E-state index in [0.717, 1.165) is 12.8 Å². The second-order valence-corrected chi connectivity index (χ2v) is 8.58. The Bertz CT molecular complexity index is 878. The van der Waals surface area contributed by atoms with Gasteiger partial charge >= 0.3 is 5.97 Å². The van der Waals surface area contributed by atoms with Gasteiger partial charge in [-0.3, -0.25) is 9.78 Å². The number of hydrogen-bond donors (Lipinski definition) is 0. The summed E-state index contributed by atoms with van der Waals surface area (Å²) in [6, 6.07) is 3.11. The fourth-order valence-corrected chi connectivity index (χ4v) is 4.48. The monoisotopic (exact) mass is 408 g/mol. The lowest BCUT2D eigenvalue weighted by molar-refractivity contribution is -0.151. The van der Waals surface area contributed by atoms with Crippen LogP contribution in [0.4, 0.5) is 0 Å². The van der Waals surface area contributed by atoms with Crippen LogP contribution >= 0.6 is 0 Å². The van der Waals surface area contributed by atoms with Gasteiger partial charge in [-0.1, -0.05) is 13.3 Å². The highest BCUT2D eigenvalue weighted by atomic mass is 32.2. The molecular formula is C17H24N6O4S.